The van der Waals surface area contributed by atoms with E-state index in [1.807, 2.05) is 26.2 Å². The molecule has 0 saturated carbocycles. The maximum atomic E-state index is 10.3. The summed E-state index contributed by atoms with van der Waals surface area (Å²) in [5.41, 5.74) is 2.36. The van der Waals surface area contributed by atoms with Gasteiger partial charge in [-0.1, -0.05) is 17.7 Å². The molecule has 2 atom stereocenters. The third kappa shape index (κ3) is 3.24. The Morgan fingerprint density at radius 2 is 2.11 bits per heavy atom. The molecule has 19 heavy (non-hydrogen) atoms. The van der Waals surface area contributed by atoms with E-state index in [9.17, 15) is 5.11 Å². The zero-order valence-corrected chi connectivity index (χ0v) is 13.9. The second-order valence-electron chi connectivity index (χ2n) is 5.17. The maximum absolute atomic E-state index is 10.3. The van der Waals surface area contributed by atoms with Gasteiger partial charge in [0.2, 0.25) is 0 Å². The summed E-state index contributed by atoms with van der Waals surface area (Å²) in [6.45, 7) is 0. The number of hydrogen-bond acceptors (Lipinski definition) is 2. The predicted octanol–water partition coefficient (Wildman–Crippen LogP) is -1.76. The molecule has 0 amide bonds. The number of fused-ring (bicyclic) bond motifs is 1. The van der Waals surface area contributed by atoms with Crippen LogP contribution in [0.2, 0.25) is 5.02 Å². The number of methoxy groups -OCH3 is 1. The third-order valence-corrected chi connectivity index (χ3v) is 4.06. The lowest BCUT2D eigenvalue weighted by molar-refractivity contribution is -0.912. The lowest BCUT2D eigenvalue weighted by Gasteiger charge is -2.31. The van der Waals surface area contributed by atoms with Gasteiger partial charge in [0, 0.05) is 0 Å². The average molecular weight is 351 g/mol. The first-order chi connectivity index (χ1) is 8.56. The summed E-state index contributed by atoms with van der Waals surface area (Å²) in [5.74, 6) is 0.949. The first-order valence-corrected chi connectivity index (χ1v) is 6.77. The van der Waals surface area contributed by atoms with E-state index in [0.29, 0.717) is 5.02 Å². The number of rotatable bonds is 3. The van der Waals surface area contributed by atoms with Crippen molar-refractivity contribution >= 4 is 11.6 Å². The van der Waals surface area contributed by atoms with Crippen molar-refractivity contribution in [1.82, 2.24) is 0 Å². The maximum Gasteiger partial charge on any atom is 0.195 e. The fourth-order valence-corrected chi connectivity index (χ4v) is 3.08. The molecule has 1 aromatic carbocycles. The largest absolute Gasteiger partial charge is 1.00 e. The van der Waals surface area contributed by atoms with Gasteiger partial charge in [-0.2, -0.15) is 0 Å². The van der Waals surface area contributed by atoms with E-state index in [1.54, 1.807) is 7.11 Å². The van der Waals surface area contributed by atoms with E-state index >= 15 is 0 Å². The molecular formula is C14H21BrClNO2. The summed E-state index contributed by atoms with van der Waals surface area (Å²) in [6.07, 6.45) is 2.68. The summed E-state index contributed by atoms with van der Waals surface area (Å²) < 4.78 is 5.41. The van der Waals surface area contributed by atoms with Crippen molar-refractivity contribution in [2.75, 3.05) is 21.2 Å². The van der Waals surface area contributed by atoms with Crippen LogP contribution in [-0.2, 0) is 6.42 Å². The first-order valence-electron chi connectivity index (χ1n) is 6.39. The van der Waals surface area contributed by atoms with Crippen LogP contribution in [0.3, 0.4) is 0 Å². The number of aliphatic hydroxyl groups is 1. The molecule has 0 heterocycles. The minimum absolute atomic E-state index is 0. The van der Waals surface area contributed by atoms with E-state index in [1.165, 1.54) is 11.1 Å². The van der Waals surface area contributed by atoms with Gasteiger partial charge in [0.1, 0.15) is 5.75 Å². The molecule has 0 aliphatic heterocycles. The Labute approximate surface area is 130 Å². The molecule has 0 spiro atoms. The van der Waals surface area contributed by atoms with Crippen LogP contribution in [0.5, 0.6) is 5.75 Å². The number of likely N-dealkylation sites (N-methyl/N-ethyl adjacent to an activating group) is 1. The Bertz CT molecular complexity index is 440. The van der Waals surface area contributed by atoms with E-state index in [4.69, 9.17) is 16.3 Å². The summed E-state index contributed by atoms with van der Waals surface area (Å²) in [4.78, 5) is 1.06. The topological polar surface area (TPSA) is 33.9 Å². The number of nitrogens with one attached hydrogen (secondary N) is 1. The van der Waals surface area contributed by atoms with Gasteiger partial charge in [0.15, 0.2) is 6.23 Å². The lowest BCUT2D eigenvalue weighted by atomic mass is 9.81. The zero-order valence-electron chi connectivity index (χ0n) is 11.5. The molecule has 1 aliphatic rings. The SMILES string of the molecule is COc1c(Cl)ccc2c1CCCC2C(O)[NH+](C)C.[Br-]. The van der Waals surface area contributed by atoms with Crippen LogP contribution >= 0.6 is 11.6 Å². The quantitative estimate of drug-likeness (QED) is 0.633. The number of ether oxygens (including phenoxy) is 1. The van der Waals surface area contributed by atoms with Crippen molar-refractivity contribution in [3.63, 3.8) is 0 Å². The van der Waals surface area contributed by atoms with Gasteiger partial charge in [-0.15, -0.1) is 0 Å². The summed E-state index contributed by atoms with van der Waals surface area (Å²) in [7, 11) is 5.61. The van der Waals surface area contributed by atoms with Gasteiger partial charge >= 0.3 is 0 Å². The standard InChI is InChI=1S/C14H20ClNO2.BrH/c1-16(2)14(17)11-6-4-5-10-9(11)7-8-12(15)13(10)18-3;/h7-8,11,14,17H,4-6H2,1-3H3;1H. The zero-order chi connectivity index (χ0) is 13.3. The van der Waals surface area contributed by atoms with E-state index in [-0.39, 0.29) is 29.1 Å². The average Bonchev–Trinajstić information content (AvgIpc) is 2.36. The highest BCUT2D eigenvalue weighted by Crippen LogP contribution is 2.40. The molecule has 1 aliphatic carbocycles. The van der Waals surface area contributed by atoms with Crippen LogP contribution in [0.15, 0.2) is 12.1 Å². The van der Waals surface area contributed by atoms with Crippen molar-refractivity contribution in [2.24, 2.45) is 0 Å². The molecule has 0 aromatic heterocycles. The summed E-state index contributed by atoms with van der Waals surface area (Å²) in [6, 6.07) is 3.91. The fourth-order valence-electron chi connectivity index (χ4n) is 2.82. The van der Waals surface area contributed by atoms with Gasteiger partial charge in [-0.25, -0.2) is 0 Å². The second-order valence-corrected chi connectivity index (χ2v) is 5.58. The van der Waals surface area contributed by atoms with Crippen molar-refractivity contribution in [3.8, 4) is 5.75 Å². The normalized spacial score (nSPS) is 19.6. The monoisotopic (exact) mass is 349 g/mol. The van der Waals surface area contributed by atoms with E-state index < -0.39 is 0 Å². The minimum atomic E-state index is -0.380. The van der Waals surface area contributed by atoms with E-state index in [0.717, 1.165) is 29.9 Å². The van der Waals surface area contributed by atoms with Crippen LogP contribution in [0.4, 0.5) is 0 Å². The molecule has 0 fully saturated rings. The number of hydrogen-bond donors (Lipinski definition) is 2. The molecule has 0 saturated heterocycles. The Kier molecular flexibility index (Phi) is 6.12. The Morgan fingerprint density at radius 1 is 1.42 bits per heavy atom. The fraction of sp³-hybridized carbons (Fsp3) is 0.571. The van der Waals surface area contributed by atoms with Crippen LogP contribution in [0.1, 0.15) is 29.9 Å². The molecule has 1 aromatic rings. The highest BCUT2D eigenvalue weighted by atomic mass is 79.9. The molecule has 0 bridgehead atoms. The number of aliphatic hydroxyl groups excluding tert-OH is 1. The third-order valence-electron chi connectivity index (χ3n) is 3.77. The van der Waals surface area contributed by atoms with E-state index in [2.05, 4.69) is 0 Å². The van der Waals surface area contributed by atoms with Gasteiger partial charge < -0.3 is 31.7 Å². The van der Waals surface area contributed by atoms with Crippen LogP contribution in [0, 0.1) is 0 Å². The van der Waals surface area contributed by atoms with Gasteiger partial charge in [0.25, 0.3) is 0 Å². The van der Waals surface area contributed by atoms with Crippen LogP contribution in [0.25, 0.3) is 0 Å². The highest BCUT2D eigenvalue weighted by molar-refractivity contribution is 6.32. The van der Waals surface area contributed by atoms with Crippen molar-refractivity contribution in [1.29, 1.82) is 0 Å². The molecule has 2 unspecified atom stereocenters. The summed E-state index contributed by atoms with van der Waals surface area (Å²) in [5, 5.41) is 11.0. The first kappa shape index (κ1) is 16.8. The van der Waals surface area contributed by atoms with Crippen LogP contribution in [-0.4, -0.2) is 32.5 Å². The lowest BCUT2D eigenvalue weighted by Crippen LogP contribution is -3.10. The Balaban J connectivity index is 0.00000180. The van der Waals surface area contributed by atoms with Crippen LogP contribution < -0.4 is 26.6 Å². The molecule has 3 nitrogen and oxygen atoms in total. The number of benzene rings is 1. The minimum Gasteiger partial charge on any atom is -1.00 e. The number of quaternary nitrogens is 1. The predicted molar refractivity (Wildman–Crippen MR) is 72.5 cm³/mol. The molecule has 0 radical (unpaired) electrons. The highest BCUT2D eigenvalue weighted by Gasteiger charge is 2.32. The van der Waals surface area contributed by atoms with Crippen molar-refractivity contribution in [3.05, 3.63) is 28.3 Å². The Hall–Kier alpha value is -0.290. The number of halogens is 2. The van der Waals surface area contributed by atoms with Gasteiger partial charge in [0.05, 0.1) is 32.1 Å². The molecule has 108 valence electrons. The van der Waals surface area contributed by atoms with Gasteiger partial charge in [-0.3, -0.25) is 0 Å². The molecule has 2 N–H and O–H groups in total. The summed E-state index contributed by atoms with van der Waals surface area (Å²) >= 11 is 6.16. The van der Waals surface area contributed by atoms with Gasteiger partial charge in [-0.05, 0) is 36.5 Å². The second kappa shape index (κ2) is 6.93. The molecule has 2 rings (SSSR count). The molecule has 5 heteroatoms. The smallest absolute Gasteiger partial charge is 0.195 e. The Morgan fingerprint density at radius 3 is 2.68 bits per heavy atom. The van der Waals surface area contributed by atoms with Crippen molar-refractivity contribution in [2.45, 2.75) is 31.4 Å². The molecular weight excluding hydrogens is 330 g/mol. The van der Waals surface area contributed by atoms with Crippen molar-refractivity contribution < 1.29 is 31.7 Å².